The molecule has 0 bridgehead atoms. The average Bonchev–Trinajstić information content (AvgIpc) is 2.38. The van der Waals surface area contributed by atoms with E-state index in [1.54, 1.807) is 12.1 Å². The summed E-state index contributed by atoms with van der Waals surface area (Å²) in [6, 6.07) is 4.76. The number of hydrogen-bond acceptors (Lipinski definition) is 4. The fourth-order valence-corrected chi connectivity index (χ4v) is 3.12. The van der Waals surface area contributed by atoms with Gasteiger partial charge >= 0.3 is 0 Å². The van der Waals surface area contributed by atoms with Crippen LogP contribution in [-0.4, -0.2) is 17.1 Å². The Hall–Kier alpha value is -1.62. The van der Waals surface area contributed by atoms with Crippen molar-refractivity contribution < 1.29 is 14.4 Å². The molecule has 102 valence electrons. The van der Waals surface area contributed by atoms with Crippen LogP contribution in [0.15, 0.2) is 18.2 Å². The Bertz CT molecular complexity index is 526. The van der Waals surface area contributed by atoms with Gasteiger partial charge in [0.1, 0.15) is 11.4 Å². The maximum absolute atomic E-state index is 10.9. The van der Waals surface area contributed by atoms with E-state index in [2.05, 4.69) is 13.8 Å². The number of fused-ring (bicyclic) bond motifs is 3. The second kappa shape index (κ2) is 4.20. The van der Waals surface area contributed by atoms with Crippen LogP contribution >= 0.6 is 0 Å². The summed E-state index contributed by atoms with van der Waals surface area (Å²) >= 11 is 0. The number of rotatable bonds is 1. The zero-order valence-electron chi connectivity index (χ0n) is 11.1. The van der Waals surface area contributed by atoms with Gasteiger partial charge in [-0.3, -0.25) is 10.1 Å². The van der Waals surface area contributed by atoms with Gasteiger partial charge in [-0.25, -0.2) is 0 Å². The summed E-state index contributed by atoms with van der Waals surface area (Å²) in [7, 11) is 0. The second-order valence-electron chi connectivity index (χ2n) is 5.72. The van der Waals surface area contributed by atoms with E-state index >= 15 is 0 Å². The molecule has 2 aliphatic heterocycles. The van der Waals surface area contributed by atoms with E-state index in [0.29, 0.717) is 12.4 Å². The van der Waals surface area contributed by atoms with Crippen molar-refractivity contribution in [1.29, 1.82) is 0 Å². The van der Waals surface area contributed by atoms with Crippen molar-refractivity contribution >= 4 is 5.69 Å². The zero-order valence-corrected chi connectivity index (χ0v) is 11.1. The summed E-state index contributed by atoms with van der Waals surface area (Å²) in [5.74, 6) is 0.953. The van der Waals surface area contributed by atoms with Gasteiger partial charge in [0.05, 0.1) is 11.0 Å². The average molecular weight is 263 g/mol. The molecular formula is C14H17NO4. The quantitative estimate of drug-likeness (QED) is 0.576. The second-order valence-corrected chi connectivity index (χ2v) is 5.72. The highest BCUT2D eigenvalue weighted by Gasteiger charge is 2.46. The lowest BCUT2D eigenvalue weighted by molar-refractivity contribution is -0.385. The van der Waals surface area contributed by atoms with Gasteiger partial charge < -0.3 is 9.47 Å². The van der Waals surface area contributed by atoms with Crippen LogP contribution in [0.4, 0.5) is 5.69 Å². The largest absolute Gasteiger partial charge is 0.487 e. The van der Waals surface area contributed by atoms with E-state index < -0.39 is 0 Å². The van der Waals surface area contributed by atoms with Crippen molar-refractivity contribution in [2.75, 3.05) is 6.61 Å². The van der Waals surface area contributed by atoms with Gasteiger partial charge in [0.2, 0.25) is 0 Å². The minimum Gasteiger partial charge on any atom is -0.487 e. The molecule has 0 N–H and O–H groups in total. The molecule has 3 rings (SSSR count). The fraction of sp³-hybridized carbons (Fsp3) is 0.571. The van der Waals surface area contributed by atoms with Crippen LogP contribution < -0.4 is 4.74 Å². The zero-order chi connectivity index (χ0) is 13.6. The first-order valence-corrected chi connectivity index (χ1v) is 6.58. The minimum atomic E-state index is -0.377. The van der Waals surface area contributed by atoms with E-state index in [1.807, 2.05) is 0 Å². The molecule has 1 aromatic rings. The summed E-state index contributed by atoms with van der Waals surface area (Å²) < 4.78 is 11.9. The number of nitro groups is 1. The van der Waals surface area contributed by atoms with Crippen LogP contribution in [0.1, 0.15) is 38.4 Å². The molecule has 0 amide bonds. The van der Waals surface area contributed by atoms with Gasteiger partial charge in [0.25, 0.3) is 5.69 Å². The normalized spacial score (nSPS) is 27.9. The lowest BCUT2D eigenvalue weighted by atomic mass is 9.76. The fourth-order valence-electron chi connectivity index (χ4n) is 3.12. The highest BCUT2D eigenvalue weighted by Crippen LogP contribution is 2.49. The number of ether oxygens (including phenoxy) is 2. The van der Waals surface area contributed by atoms with E-state index in [0.717, 1.165) is 18.4 Å². The Labute approximate surface area is 111 Å². The van der Waals surface area contributed by atoms with Crippen LogP contribution in [0.25, 0.3) is 0 Å². The van der Waals surface area contributed by atoms with Crippen LogP contribution in [-0.2, 0) is 4.74 Å². The monoisotopic (exact) mass is 263 g/mol. The molecule has 5 heteroatoms. The summed E-state index contributed by atoms with van der Waals surface area (Å²) in [4.78, 5) is 10.5. The van der Waals surface area contributed by atoms with Crippen molar-refractivity contribution in [3.63, 3.8) is 0 Å². The maximum Gasteiger partial charge on any atom is 0.270 e. The molecule has 2 atom stereocenters. The third-order valence-electron chi connectivity index (χ3n) is 4.10. The van der Waals surface area contributed by atoms with E-state index in [4.69, 9.17) is 9.47 Å². The van der Waals surface area contributed by atoms with Crippen molar-refractivity contribution in [3.05, 3.63) is 33.9 Å². The van der Waals surface area contributed by atoms with E-state index in [1.165, 1.54) is 6.07 Å². The predicted octanol–water partition coefficient (Wildman–Crippen LogP) is 3.23. The molecule has 0 spiro atoms. The van der Waals surface area contributed by atoms with Crippen LogP contribution in [0.5, 0.6) is 5.75 Å². The van der Waals surface area contributed by atoms with Crippen LogP contribution in [0, 0.1) is 16.0 Å². The van der Waals surface area contributed by atoms with Crippen molar-refractivity contribution in [1.82, 2.24) is 0 Å². The Morgan fingerprint density at radius 2 is 2.21 bits per heavy atom. The SMILES string of the molecule is CC1(C)Oc2ccc([N+](=O)[O-])cc2[C@@H]2OCCC[C@H]21. The Morgan fingerprint density at radius 3 is 2.95 bits per heavy atom. The minimum absolute atomic E-state index is 0.0904. The summed E-state index contributed by atoms with van der Waals surface area (Å²) in [6.07, 6.45) is 1.95. The molecule has 0 radical (unpaired) electrons. The maximum atomic E-state index is 10.9. The molecule has 1 aromatic carbocycles. The Morgan fingerprint density at radius 1 is 1.42 bits per heavy atom. The molecule has 0 aromatic heterocycles. The van der Waals surface area contributed by atoms with Crippen LogP contribution in [0.3, 0.4) is 0 Å². The molecule has 2 heterocycles. The number of benzene rings is 1. The summed E-state index contributed by atoms with van der Waals surface area (Å²) in [5, 5.41) is 10.9. The molecular weight excluding hydrogens is 246 g/mol. The Balaban J connectivity index is 2.08. The first-order valence-electron chi connectivity index (χ1n) is 6.58. The van der Waals surface area contributed by atoms with Gasteiger partial charge in [-0.2, -0.15) is 0 Å². The third kappa shape index (κ3) is 1.98. The number of nitrogens with zero attached hydrogens (tertiary/aromatic N) is 1. The first kappa shape index (κ1) is 12.4. The lowest BCUT2D eigenvalue weighted by Crippen LogP contribution is -2.47. The number of non-ortho nitro benzene ring substituents is 1. The van der Waals surface area contributed by atoms with Crippen molar-refractivity contribution in [2.45, 2.75) is 38.4 Å². The van der Waals surface area contributed by atoms with Crippen molar-refractivity contribution in [2.24, 2.45) is 5.92 Å². The smallest absolute Gasteiger partial charge is 0.270 e. The Kier molecular flexibility index (Phi) is 2.74. The lowest BCUT2D eigenvalue weighted by Gasteiger charge is -2.46. The first-order chi connectivity index (χ1) is 8.99. The molecule has 1 saturated heterocycles. The summed E-state index contributed by atoms with van der Waals surface area (Å²) in [6.45, 7) is 4.83. The van der Waals surface area contributed by atoms with Crippen LogP contribution in [0.2, 0.25) is 0 Å². The molecule has 0 saturated carbocycles. The van der Waals surface area contributed by atoms with Gasteiger partial charge in [-0.05, 0) is 32.8 Å². The molecule has 19 heavy (non-hydrogen) atoms. The van der Waals surface area contributed by atoms with Gasteiger partial charge in [-0.15, -0.1) is 0 Å². The number of nitro benzene ring substituents is 1. The third-order valence-corrected chi connectivity index (χ3v) is 4.10. The highest BCUT2D eigenvalue weighted by atomic mass is 16.6. The van der Waals surface area contributed by atoms with Crippen molar-refractivity contribution in [3.8, 4) is 5.75 Å². The van der Waals surface area contributed by atoms with Gasteiger partial charge in [0.15, 0.2) is 0 Å². The number of hydrogen-bond donors (Lipinski definition) is 0. The summed E-state index contributed by atoms with van der Waals surface area (Å²) in [5.41, 5.74) is 0.613. The van der Waals surface area contributed by atoms with Gasteiger partial charge in [0, 0.05) is 30.2 Å². The predicted molar refractivity (Wildman–Crippen MR) is 69.2 cm³/mol. The van der Waals surface area contributed by atoms with E-state index in [-0.39, 0.29) is 28.2 Å². The molecule has 0 aliphatic carbocycles. The highest BCUT2D eigenvalue weighted by molar-refractivity contribution is 5.47. The van der Waals surface area contributed by atoms with E-state index in [9.17, 15) is 10.1 Å². The standard InChI is InChI=1S/C14H17NO4/c1-14(2)11-4-3-7-18-13(11)10-8-9(15(16)17)5-6-12(10)19-14/h5-6,8,11,13H,3-4,7H2,1-2H3/t11-,13+/m1/s1. The molecule has 1 fully saturated rings. The molecule has 0 unspecified atom stereocenters. The van der Waals surface area contributed by atoms with Gasteiger partial charge in [-0.1, -0.05) is 0 Å². The molecule has 2 aliphatic rings. The topological polar surface area (TPSA) is 61.6 Å². The molecule has 5 nitrogen and oxygen atoms in total.